The number of ether oxygens (including phenoxy) is 1. The molecule has 0 aliphatic rings. The number of H-pyrrole nitrogens is 1. The second-order valence-corrected chi connectivity index (χ2v) is 5.84. The highest BCUT2D eigenvalue weighted by Crippen LogP contribution is 2.25. The van der Waals surface area contributed by atoms with Crippen LogP contribution in [-0.2, 0) is 6.54 Å². The molecule has 21 heavy (non-hydrogen) atoms. The second-order valence-electron chi connectivity index (χ2n) is 4.93. The first kappa shape index (κ1) is 15.6. The van der Waals surface area contributed by atoms with E-state index >= 15 is 0 Å². The van der Waals surface area contributed by atoms with Gasteiger partial charge in [-0.25, -0.2) is 0 Å². The molecule has 2 aromatic rings. The van der Waals surface area contributed by atoms with Gasteiger partial charge in [0.15, 0.2) is 0 Å². The molecule has 0 radical (unpaired) electrons. The molecule has 0 saturated carbocycles. The molecule has 112 valence electrons. The zero-order chi connectivity index (χ0) is 15.6. The van der Waals surface area contributed by atoms with Gasteiger partial charge in [-0.1, -0.05) is 15.9 Å². The summed E-state index contributed by atoms with van der Waals surface area (Å²) in [6, 6.07) is 5.75. The first-order valence-corrected chi connectivity index (χ1v) is 7.32. The standard InChI is InChI=1S/C15H18BrN3O2/c1-9-14(10(2)18-17-9)15(20)19(3)8-11-7-12(16)5-6-13(11)21-4/h5-7H,8H2,1-4H3,(H,17,18). The molecule has 0 unspecified atom stereocenters. The average Bonchev–Trinajstić information content (AvgIpc) is 2.77. The summed E-state index contributed by atoms with van der Waals surface area (Å²) in [5.41, 5.74) is 3.07. The highest BCUT2D eigenvalue weighted by Gasteiger charge is 2.20. The topological polar surface area (TPSA) is 58.2 Å². The summed E-state index contributed by atoms with van der Waals surface area (Å²) in [5.74, 6) is 0.708. The van der Waals surface area contributed by atoms with E-state index < -0.39 is 0 Å². The van der Waals surface area contributed by atoms with Crippen molar-refractivity contribution in [3.63, 3.8) is 0 Å². The van der Waals surface area contributed by atoms with Crippen LogP contribution >= 0.6 is 15.9 Å². The number of carbonyl (C=O) groups excluding carboxylic acids is 1. The maximum absolute atomic E-state index is 12.5. The van der Waals surface area contributed by atoms with E-state index in [1.54, 1.807) is 19.1 Å². The smallest absolute Gasteiger partial charge is 0.257 e. The third-order valence-corrected chi connectivity index (χ3v) is 3.83. The summed E-state index contributed by atoms with van der Waals surface area (Å²) in [5, 5.41) is 6.91. The number of halogens is 1. The number of hydrogen-bond donors (Lipinski definition) is 1. The summed E-state index contributed by atoms with van der Waals surface area (Å²) in [6.45, 7) is 4.14. The van der Waals surface area contributed by atoms with Crippen LogP contribution < -0.4 is 4.74 Å². The van der Waals surface area contributed by atoms with Crippen LogP contribution in [0.2, 0.25) is 0 Å². The van der Waals surface area contributed by atoms with Crippen molar-refractivity contribution in [1.29, 1.82) is 0 Å². The Kier molecular flexibility index (Phi) is 4.67. The summed E-state index contributed by atoms with van der Waals surface area (Å²) >= 11 is 3.44. The van der Waals surface area contributed by atoms with E-state index in [0.29, 0.717) is 17.8 Å². The number of methoxy groups -OCH3 is 1. The quantitative estimate of drug-likeness (QED) is 0.920. The Hall–Kier alpha value is -1.82. The molecule has 0 spiro atoms. The van der Waals surface area contributed by atoms with E-state index in [1.807, 2.05) is 32.0 Å². The van der Waals surface area contributed by atoms with Crippen LogP contribution in [0.4, 0.5) is 0 Å². The Balaban J connectivity index is 2.24. The molecule has 1 aromatic carbocycles. The van der Waals surface area contributed by atoms with E-state index in [1.165, 1.54) is 0 Å². The summed E-state index contributed by atoms with van der Waals surface area (Å²) in [6.07, 6.45) is 0. The van der Waals surface area contributed by atoms with Crippen molar-refractivity contribution >= 4 is 21.8 Å². The van der Waals surface area contributed by atoms with Crippen molar-refractivity contribution in [3.05, 3.63) is 45.2 Å². The van der Waals surface area contributed by atoms with Gasteiger partial charge < -0.3 is 9.64 Å². The number of benzene rings is 1. The first-order valence-electron chi connectivity index (χ1n) is 6.53. The fourth-order valence-corrected chi connectivity index (χ4v) is 2.66. The lowest BCUT2D eigenvalue weighted by Gasteiger charge is -2.19. The third kappa shape index (κ3) is 3.26. The van der Waals surface area contributed by atoms with Gasteiger partial charge in [0.2, 0.25) is 0 Å². The molecule has 1 heterocycles. The zero-order valence-electron chi connectivity index (χ0n) is 12.5. The van der Waals surface area contributed by atoms with Crippen LogP contribution in [0.3, 0.4) is 0 Å². The SMILES string of the molecule is COc1ccc(Br)cc1CN(C)C(=O)c1c(C)n[nH]c1C. The molecule has 5 nitrogen and oxygen atoms in total. The fraction of sp³-hybridized carbons (Fsp3) is 0.333. The number of aryl methyl sites for hydroxylation is 2. The number of aromatic amines is 1. The molecule has 2 rings (SSSR count). The Morgan fingerprint density at radius 2 is 2.14 bits per heavy atom. The Bertz CT molecular complexity index is 647. The maximum atomic E-state index is 12.5. The molecular formula is C15H18BrN3O2. The molecule has 0 aliphatic heterocycles. The lowest BCUT2D eigenvalue weighted by Crippen LogP contribution is -2.27. The van der Waals surface area contributed by atoms with Gasteiger partial charge in [0, 0.05) is 29.3 Å². The highest BCUT2D eigenvalue weighted by atomic mass is 79.9. The third-order valence-electron chi connectivity index (χ3n) is 3.34. The minimum absolute atomic E-state index is 0.0548. The highest BCUT2D eigenvalue weighted by molar-refractivity contribution is 9.10. The Morgan fingerprint density at radius 1 is 1.43 bits per heavy atom. The normalized spacial score (nSPS) is 10.5. The average molecular weight is 352 g/mol. The van der Waals surface area contributed by atoms with Crippen LogP contribution in [0.1, 0.15) is 27.3 Å². The van der Waals surface area contributed by atoms with E-state index in [4.69, 9.17) is 4.74 Å². The number of carbonyl (C=O) groups is 1. The number of aromatic nitrogens is 2. The molecule has 0 aliphatic carbocycles. The molecule has 0 atom stereocenters. The first-order chi connectivity index (χ1) is 9.93. The number of nitrogens with one attached hydrogen (secondary N) is 1. The van der Waals surface area contributed by atoms with Crippen LogP contribution in [-0.4, -0.2) is 35.2 Å². The molecule has 1 amide bonds. The lowest BCUT2D eigenvalue weighted by molar-refractivity contribution is 0.0783. The van der Waals surface area contributed by atoms with Gasteiger partial charge >= 0.3 is 0 Å². The predicted octanol–water partition coefficient (Wildman–Crippen LogP) is 3.07. The maximum Gasteiger partial charge on any atom is 0.257 e. The Morgan fingerprint density at radius 3 is 2.71 bits per heavy atom. The summed E-state index contributed by atoms with van der Waals surface area (Å²) in [4.78, 5) is 14.2. The van der Waals surface area contributed by atoms with E-state index in [9.17, 15) is 4.79 Å². The zero-order valence-corrected chi connectivity index (χ0v) is 14.1. The van der Waals surface area contributed by atoms with Crippen LogP contribution in [0, 0.1) is 13.8 Å². The predicted molar refractivity (Wildman–Crippen MR) is 84.6 cm³/mol. The minimum Gasteiger partial charge on any atom is -0.496 e. The van der Waals surface area contributed by atoms with Gasteiger partial charge in [-0.05, 0) is 32.0 Å². The minimum atomic E-state index is -0.0548. The van der Waals surface area contributed by atoms with Gasteiger partial charge in [-0.2, -0.15) is 5.10 Å². The lowest BCUT2D eigenvalue weighted by atomic mass is 10.1. The number of nitrogens with zero attached hydrogens (tertiary/aromatic N) is 2. The fourth-order valence-electron chi connectivity index (χ4n) is 2.25. The van der Waals surface area contributed by atoms with E-state index in [2.05, 4.69) is 26.1 Å². The number of amides is 1. The van der Waals surface area contributed by atoms with Gasteiger partial charge in [0.25, 0.3) is 5.91 Å². The molecule has 0 bridgehead atoms. The van der Waals surface area contributed by atoms with E-state index in [-0.39, 0.29) is 5.91 Å². The summed E-state index contributed by atoms with van der Waals surface area (Å²) in [7, 11) is 3.40. The Labute approximate surface area is 132 Å². The van der Waals surface area contributed by atoms with Crippen molar-refractivity contribution in [1.82, 2.24) is 15.1 Å². The molecular weight excluding hydrogens is 334 g/mol. The van der Waals surface area contributed by atoms with E-state index in [0.717, 1.165) is 21.5 Å². The molecule has 6 heteroatoms. The van der Waals surface area contributed by atoms with Crippen molar-refractivity contribution in [2.45, 2.75) is 20.4 Å². The van der Waals surface area contributed by atoms with Gasteiger partial charge in [0.1, 0.15) is 5.75 Å². The molecule has 1 N–H and O–H groups in total. The van der Waals surface area contributed by atoms with Crippen molar-refractivity contribution in [3.8, 4) is 5.75 Å². The van der Waals surface area contributed by atoms with Gasteiger partial charge in [-0.3, -0.25) is 9.89 Å². The van der Waals surface area contributed by atoms with Crippen LogP contribution in [0.15, 0.2) is 22.7 Å². The van der Waals surface area contributed by atoms with Crippen molar-refractivity contribution < 1.29 is 9.53 Å². The summed E-state index contributed by atoms with van der Waals surface area (Å²) < 4.78 is 6.30. The van der Waals surface area contributed by atoms with Crippen LogP contribution in [0.5, 0.6) is 5.75 Å². The molecule has 1 aromatic heterocycles. The molecule has 0 saturated heterocycles. The van der Waals surface area contributed by atoms with Crippen LogP contribution in [0.25, 0.3) is 0 Å². The van der Waals surface area contributed by atoms with Crippen molar-refractivity contribution in [2.24, 2.45) is 0 Å². The van der Waals surface area contributed by atoms with Gasteiger partial charge in [-0.15, -0.1) is 0 Å². The monoisotopic (exact) mass is 351 g/mol. The van der Waals surface area contributed by atoms with Crippen molar-refractivity contribution in [2.75, 3.05) is 14.2 Å². The second kappa shape index (κ2) is 6.30. The number of hydrogen-bond acceptors (Lipinski definition) is 3. The van der Waals surface area contributed by atoms with Gasteiger partial charge in [0.05, 0.1) is 18.4 Å². The molecule has 0 fully saturated rings. The number of rotatable bonds is 4. The largest absolute Gasteiger partial charge is 0.496 e.